The molecule has 8 aromatic carbocycles. The predicted molar refractivity (Wildman–Crippen MR) is 256 cm³/mol. The third kappa shape index (κ3) is 6.20. The molecule has 8 nitrogen and oxygen atoms in total. The molecule has 0 radical (unpaired) electrons. The molecular weight excluding hydrogens is 785 g/mol. The highest BCUT2D eigenvalue weighted by Crippen LogP contribution is 2.42. The zero-order chi connectivity index (χ0) is 43.3. The number of aromatic nitrogens is 4. The Bertz CT molecular complexity index is 3690. The van der Waals surface area contributed by atoms with Gasteiger partial charge < -0.3 is 9.13 Å². The van der Waals surface area contributed by atoms with Crippen LogP contribution < -0.4 is 0 Å². The average molecular weight is 815 g/mol. The molecule has 0 aliphatic carbocycles. The minimum atomic E-state index is 0.514. The molecule has 0 aliphatic heterocycles. The Morgan fingerprint density at radius 1 is 0.422 bits per heavy atom. The zero-order valence-corrected chi connectivity index (χ0v) is 33.9. The Hall–Kier alpha value is -9.60. The first-order valence-electron chi connectivity index (χ1n) is 20.5. The number of hydrogen-bond donors (Lipinski definition) is 0. The number of nitriles is 1. The Morgan fingerprint density at radius 2 is 0.922 bits per heavy atom. The maximum atomic E-state index is 9.95. The number of rotatable bonds is 6. The van der Waals surface area contributed by atoms with Gasteiger partial charge in [0.05, 0.1) is 70.5 Å². The van der Waals surface area contributed by atoms with Crippen LogP contribution in [0.3, 0.4) is 0 Å². The molecule has 64 heavy (non-hydrogen) atoms. The van der Waals surface area contributed by atoms with Crippen LogP contribution in [-0.4, -0.2) is 19.1 Å². The van der Waals surface area contributed by atoms with E-state index in [1.165, 1.54) is 0 Å². The van der Waals surface area contributed by atoms with Gasteiger partial charge in [0.25, 0.3) is 0 Å². The third-order valence-electron chi connectivity index (χ3n) is 11.8. The molecular formula is C56H30N8. The SMILES string of the molecule is [C-]#[N+]c1ccc2c(c1)c1cc([N+]#[C-])ccc1n2-c1cccc(-c2cc(-c3nc(-c4ccccc4)cc(-c4ccccc4)n3)ccc2-n2c3ccc(C#N)cc3c3cc([N+]#[C-])ccc32)c1. The van der Waals surface area contributed by atoms with Gasteiger partial charge in [-0.25, -0.2) is 24.5 Å². The van der Waals surface area contributed by atoms with Gasteiger partial charge in [0.2, 0.25) is 0 Å². The molecule has 0 saturated carbocycles. The number of fused-ring (bicyclic) bond motifs is 6. The summed E-state index contributed by atoms with van der Waals surface area (Å²) in [5.41, 5.74) is 13.7. The lowest BCUT2D eigenvalue weighted by Gasteiger charge is -2.17. The molecule has 0 N–H and O–H groups in total. The van der Waals surface area contributed by atoms with Crippen LogP contribution in [0.15, 0.2) is 182 Å². The van der Waals surface area contributed by atoms with Crippen LogP contribution in [0.2, 0.25) is 0 Å². The summed E-state index contributed by atoms with van der Waals surface area (Å²) in [6.07, 6.45) is 0. The first kappa shape index (κ1) is 37.4. The molecule has 0 unspecified atom stereocenters. The van der Waals surface area contributed by atoms with Crippen molar-refractivity contribution < 1.29 is 0 Å². The van der Waals surface area contributed by atoms with Gasteiger partial charge in [-0.3, -0.25) is 0 Å². The van der Waals surface area contributed by atoms with E-state index in [0.717, 1.165) is 94.2 Å². The monoisotopic (exact) mass is 814 g/mol. The van der Waals surface area contributed by atoms with E-state index in [-0.39, 0.29) is 0 Å². The fraction of sp³-hybridized carbons (Fsp3) is 0. The van der Waals surface area contributed by atoms with E-state index in [2.05, 4.69) is 90.4 Å². The van der Waals surface area contributed by atoms with Gasteiger partial charge in [0.15, 0.2) is 22.9 Å². The smallest absolute Gasteiger partial charge is 0.188 e. The van der Waals surface area contributed by atoms with Gasteiger partial charge in [0.1, 0.15) is 0 Å². The molecule has 0 saturated heterocycles. The molecule has 0 atom stereocenters. The largest absolute Gasteiger partial charge is 0.309 e. The van der Waals surface area contributed by atoms with Gasteiger partial charge in [-0.05, 0) is 113 Å². The maximum Gasteiger partial charge on any atom is 0.188 e. The standard InChI is InChI=1S/C56H30N8/c1-58-40-19-24-52-47(31-40)48-32-41(59-2)20-25-53(48)63(52)43-16-10-15-38(28-43)44-29-39(56-61-49(36-11-6-4-7-12-36)33-50(62-56)37-13-8-5-9-14-37)18-23-51(44)64-54-22-17-35(34-57)27-45(54)46-30-42(60-3)21-26-55(46)64/h4-33H. The molecule has 11 rings (SSSR count). The number of nitrogens with zero attached hydrogens (tertiary/aromatic N) is 8. The highest BCUT2D eigenvalue weighted by Gasteiger charge is 2.21. The van der Waals surface area contributed by atoms with E-state index in [1.54, 1.807) is 0 Å². The van der Waals surface area contributed by atoms with Crippen LogP contribution in [0.4, 0.5) is 17.1 Å². The van der Waals surface area contributed by atoms with Gasteiger partial charge in [-0.2, -0.15) is 5.26 Å². The van der Waals surface area contributed by atoms with Crippen LogP contribution in [-0.2, 0) is 0 Å². The Labute approximate surface area is 367 Å². The molecule has 0 fully saturated rings. The molecule has 0 aliphatic rings. The first-order valence-corrected chi connectivity index (χ1v) is 20.5. The normalized spacial score (nSPS) is 11.1. The quantitative estimate of drug-likeness (QED) is 0.157. The number of hydrogen-bond acceptors (Lipinski definition) is 3. The van der Waals surface area contributed by atoms with Gasteiger partial charge in [0, 0.05) is 33.3 Å². The Kier molecular flexibility index (Phi) is 8.85. The lowest BCUT2D eigenvalue weighted by atomic mass is 9.99. The molecule has 0 amide bonds. The average Bonchev–Trinajstić information content (AvgIpc) is 3.87. The van der Waals surface area contributed by atoms with Crippen molar-refractivity contribution in [3.63, 3.8) is 0 Å². The van der Waals surface area contributed by atoms with Crippen molar-refractivity contribution >= 4 is 60.7 Å². The second-order valence-corrected chi connectivity index (χ2v) is 15.4. The van der Waals surface area contributed by atoms with Gasteiger partial charge >= 0.3 is 0 Å². The summed E-state index contributed by atoms with van der Waals surface area (Å²) in [4.78, 5) is 21.6. The summed E-state index contributed by atoms with van der Waals surface area (Å²) in [5.74, 6) is 0.570. The van der Waals surface area contributed by atoms with Crippen LogP contribution in [0, 0.1) is 31.0 Å². The van der Waals surface area contributed by atoms with Crippen molar-refractivity contribution in [1.82, 2.24) is 19.1 Å². The highest BCUT2D eigenvalue weighted by molar-refractivity contribution is 6.12. The fourth-order valence-corrected chi connectivity index (χ4v) is 8.83. The van der Waals surface area contributed by atoms with Crippen LogP contribution in [0.1, 0.15) is 5.56 Å². The summed E-state index contributed by atoms with van der Waals surface area (Å²) < 4.78 is 4.40. The van der Waals surface area contributed by atoms with E-state index in [0.29, 0.717) is 28.5 Å². The van der Waals surface area contributed by atoms with Crippen LogP contribution in [0.5, 0.6) is 0 Å². The molecule has 0 bridgehead atoms. The van der Waals surface area contributed by atoms with E-state index in [4.69, 9.17) is 29.7 Å². The van der Waals surface area contributed by atoms with E-state index in [9.17, 15) is 5.26 Å². The third-order valence-corrected chi connectivity index (χ3v) is 11.8. The topological polar surface area (TPSA) is 72.5 Å². The molecule has 11 aromatic rings. The molecule has 3 aromatic heterocycles. The van der Waals surface area contributed by atoms with Crippen molar-refractivity contribution in [3.05, 3.63) is 222 Å². The molecule has 0 spiro atoms. The maximum absolute atomic E-state index is 9.95. The lowest BCUT2D eigenvalue weighted by Crippen LogP contribution is -2.01. The summed E-state index contributed by atoms with van der Waals surface area (Å²) in [6.45, 7) is 23.3. The van der Waals surface area contributed by atoms with Crippen molar-refractivity contribution in [2.75, 3.05) is 0 Å². The Morgan fingerprint density at radius 3 is 1.45 bits per heavy atom. The van der Waals surface area contributed by atoms with Crippen molar-refractivity contribution in [1.29, 1.82) is 5.26 Å². The Balaban J connectivity index is 1.19. The van der Waals surface area contributed by atoms with Crippen LogP contribution in [0.25, 0.3) is 115 Å². The zero-order valence-electron chi connectivity index (χ0n) is 33.9. The summed E-state index contributed by atoms with van der Waals surface area (Å²) in [5, 5.41) is 13.5. The van der Waals surface area contributed by atoms with Crippen LogP contribution >= 0.6 is 0 Å². The minimum absolute atomic E-state index is 0.514. The van der Waals surface area contributed by atoms with Crippen molar-refractivity contribution in [2.24, 2.45) is 0 Å². The highest BCUT2D eigenvalue weighted by atomic mass is 15.0. The number of benzene rings is 8. The second-order valence-electron chi connectivity index (χ2n) is 15.4. The summed E-state index contributed by atoms with van der Waals surface area (Å²) in [6, 6.07) is 62.1. The predicted octanol–water partition coefficient (Wildman–Crippen LogP) is 14.9. The second kappa shape index (κ2) is 15.1. The van der Waals surface area contributed by atoms with E-state index >= 15 is 0 Å². The van der Waals surface area contributed by atoms with Crippen molar-refractivity contribution in [3.8, 4) is 62.5 Å². The summed E-state index contributed by atoms with van der Waals surface area (Å²) in [7, 11) is 0. The first-order chi connectivity index (χ1) is 31.5. The van der Waals surface area contributed by atoms with E-state index < -0.39 is 0 Å². The molecule has 3 heterocycles. The fourth-order valence-electron chi connectivity index (χ4n) is 8.83. The van der Waals surface area contributed by atoms with Crippen molar-refractivity contribution in [2.45, 2.75) is 0 Å². The molecule has 8 heteroatoms. The minimum Gasteiger partial charge on any atom is -0.309 e. The van der Waals surface area contributed by atoms with E-state index in [1.807, 2.05) is 121 Å². The lowest BCUT2D eigenvalue weighted by molar-refractivity contribution is 1.16. The van der Waals surface area contributed by atoms with Gasteiger partial charge in [-0.15, -0.1) is 0 Å². The van der Waals surface area contributed by atoms with Gasteiger partial charge in [-0.1, -0.05) is 91.0 Å². The summed E-state index contributed by atoms with van der Waals surface area (Å²) >= 11 is 0. The molecule has 294 valence electrons.